The summed E-state index contributed by atoms with van der Waals surface area (Å²) in [6.07, 6.45) is 2.00. The van der Waals surface area contributed by atoms with E-state index in [-0.39, 0.29) is 23.6 Å². The molecule has 4 heteroatoms. The molecular weight excluding hydrogens is 218 g/mol. The maximum atomic E-state index is 11.9. The van der Waals surface area contributed by atoms with Gasteiger partial charge in [-0.2, -0.15) is 0 Å². The summed E-state index contributed by atoms with van der Waals surface area (Å²) < 4.78 is 5.24. The lowest BCUT2D eigenvalue weighted by Gasteiger charge is -2.26. The highest BCUT2D eigenvalue weighted by atomic mass is 16.5. The molecule has 96 valence electrons. The summed E-state index contributed by atoms with van der Waals surface area (Å²) in [4.78, 5) is 25.2. The van der Waals surface area contributed by atoms with Crippen LogP contribution in [0.25, 0.3) is 0 Å². The third-order valence-corrected chi connectivity index (χ3v) is 3.01. The summed E-state index contributed by atoms with van der Waals surface area (Å²) in [5.74, 6) is -0.317. The highest BCUT2D eigenvalue weighted by Gasteiger charge is 2.32. The zero-order valence-corrected chi connectivity index (χ0v) is 11.0. The van der Waals surface area contributed by atoms with Crippen LogP contribution in [0.5, 0.6) is 0 Å². The van der Waals surface area contributed by atoms with E-state index in [1.807, 2.05) is 32.8 Å². The van der Waals surface area contributed by atoms with Crippen molar-refractivity contribution in [1.82, 2.24) is 4.90 Å². The second-order valence-corrected chi connectivity index (χ2v) is 4.98. The number of ether oxygens (including phenoxy) is 1. The fraction of sp³-hybridized carbons (Fsp3) is 0.692. The molecule has 0 aromatic rings. The molecule has 2 unspecified atom stereocenters. The first-order valence-corrected chi connectivity index (χ1v) is 5.94. The highest BCUT2D eigenvalue weighted by Crippen LogP contribution is 2.29. The van der Waals surface area contributed by atoms with Gasteiger partial charge in [-0.05, 0) is 33.0 Å². The summed E-state index contributed by atoms with van der Waals surface area (Å²) in [7, 11) is 3.86. The molecule has 0 N–H and O–H groups in total. The minimum atomic E-state index is -0.255. The van der Waals surface area contributed by atoms with E-state index in [1.54, 1.807) is 6.08 Å². The minimum absolute atomic E-state index is 0.0411. The van der Waals surface area contributed by atoms with Crippen LogP contribution >= 0.6 is 0 Å². The molecule has 1 aliphatic rings. The SMILES string of the molecule is CC1=CC(=O)CC(C)C1C(=O)OCCN(C)C. The standard InChI is InChI=1S/C13H21NO3/c1-9-7-11(15)8-10(2)12(9)13(16)17-6-5-14(3)4/h7,10,12H,5-6,8H2,1-4H3. The Morgan fingerprint density at radius 2 is 2.18 bits per heavy atom. The van der Waals surface area contributed by atoms with Gasteiger partial charge in [0, 0.05) is 13.0 Å². The summed E-state index contributed by atoms with van der Waals surface area (Å²) >= 11 is 0. The third-order valence-electron chi connectivity index (χ3n) is 3.01. The number of allylic oxidation sites excluding steroid dienone is 1. The number of ketones is 1. The van der Waals surface area contributed by atoms with Crippen LogP contribution in [0.15, 0.2) is 11.6 Å². The number of carbonyl (C=O) groups is 2. The first kappa shape index (κ1) is 13.9. The Hall–Kier alpha value is -1.16. The quantitative estimate of drug-likeness (QED) is 0.693. The van der Waals surface area contributed by atoms with Crippen molar-refractivity contribution in [2.45, 2.75) is 20.3 Å². The van der Waals surface area contributed by atoms with E-state index in [1.165, 1.54) is 0 Å². The number of nitrogens with zero attached hydrogens (tertiary/aromatic N) is 1. The van der Waals surface area contributed by atoms with Crippen LogP contribution in [0.3, 0.4) is 0 Å². The number of esters is 1. The average molecular weight is 239 g/mol. The average Bonchev–Trinajstić information content (AvgIpc) is 2.14. The molecule has 0 radical (unpaired) electrons. The van der Waals surface area contributed by atoms with Crippen LogP contribution in [0.1, 0.15) is 20.3 Å². The van der Waals surface area contributed by atoms with Gasteiger partial charge < -0.3 is 9.64 Å². The molecule has 0 aromatic heterocycles. The lowest BCUT2D eigenvalue weighted by atomic mass is 9.79. The van der Waals surface area contributed by atoms with Crippen LogP contribution in [0.2, 0.25) is 0 Å². The summed E-state index contributed by atoms with van der Waals surface area (Å²) in [6.45, 7) is 4.86. The zero-order valence-electron chi connectivity index (χ0n) is 11.0. The summed E-state index contributed by atoms with van der Waals surface area (Å²) in [5, 5.41) is 0. The largest absolute Gasteiger partial charge is 0.464 e. The molecule has 17 heavy (non-hydrogen) atoms. The van der Waals surface area contributed by atoms with Crippen LogP contribution < -0.4 is 0 Å². The molecule has 0 saturated carbocycles. The van der Waals surface area contributed by atoms with Gasteiger partial charge in [0.25, 0.3) is 0 Å². The van der Waals surface area contributed by atoms with Crippen LogP contribution in [-0.2, 0) is 14.3 Å². The fourth-order valence-corrected chi connectivity index (χ4v) is 2.12. The second-order valence-electron chi connectivity index (χ2n) is 4.98. The van der Waals surface area contributed by atoms with Crippen molar-refractivity contribution < 1.29 is 14.3 Å². The predicted molar refractivity (Wildman–Crippen MR) is 65.5 cm³/mol. The molecule has 0 fully saturated rings. The van der Waals surface area contributed by atoms with E-state index in [0.29, 0.717) is 19.6 Å². The maximum Gasteiger partial charge on any atom is 0.313 e. The first-order chi connectivity index (χ1) is 7.91. The van der Waals surface area contributed by atoms with Crippen molar-refractivity contribution in [2.24, 2.45) is 11.8 Å². The number of likely N-dealkylation sites (N-methyl/N-ethyl adjacent to an activating group) is 1. The van der Waals surface area contributed by atoms with Gasteiger partial charge in [0.15, 0.2) is 5.78 Å². The Balaban J connectivity index is 2.56. The molecule has 0 bridgehead atoms. The molecule has 2 atom stereocenters. The Kier molecular flexibility index (Phi) is 4.87. The fourth-order valence-electron chi connectivity index (χ4n) is 2.12. The molecule has 0 amide bonds. The van der Waals surface area contributed by atoms with E-state index in [2.05, 4.69) is 0 Å². The van der Waals surface area contributed by atoms with E-state index in [0.717, 1.165) is 5.57 Å². The lowest BCUT2D eigenvalue weighted by molar-refractivity contribution is -0.149. The molecule has 0 aromatic carbocycles. The Morgan fingerprint density at radius 3 is 2.71 bits per heavy atom. The van der Waals surface area contributed by atoms with Gasteiger partial charge in [-0.3, -0.25) is 9.59 Å². The number of carbonyl (C=O) groups excluding carboxylic acids is 2. The smallest absolute Gasteiger partial charge is 0.313 e. The highest BCUT2D eigenvalue weighted by molar-refractivity contribution is 5.94. The topological polar surface area (TPSA) is 46.6 Å². The van der Waals surface area contributed by atoms with E-state index >= 15 is 0 Å². The van der Waals surface area contributed by atoms with Crippen LogP contribution in [0.4, 0.5) is 0 Å². The van der Waals surface area contributed by atoms with Gasteiger partial charge >= 0.3 is 5.97 Å². The van der Waals surface area contributed by atoms with Gasteiger partial charge in [0.1, 0.15) is 6.61 Å². The minimum Gasteiger partial charge on any atom is -0.464 e. The number of hydrogen-bond acceptors (Lipinski definition) is 4. The van der Waals surface area contributed by atoms with Gasteiger partial charge in [-0.25, -0.2) is 0 Å². The van der Waals surface area contributed by atoms with Crippen molar-refractivity contribution in [3.63, 3.8) is 0 Å². The zero-order chi connectivity index (χ0) is 13.0. The lowest BCUT2D eigenvalue weighted by Crippen LogP contribution is -2.31. The molecule has 4 nitrogen and oxygen atoms in total. The van der Waals surface area contributed by atoms with Crippen molar-refractivity contribution in [2.75, 3.05) is 27.2 Å². The Morgan fingerprint density at radius 1 is 1.53 bits per heavy atom. The van der Waals surface area contributed by atoms with Gasteiger partial charge in [0.2, 0.25) is 0 Å². The molecular formula is C13H21NO3. The van der Waals surface area contributed by atoms with Crippen molar-refractivity contribution >= 4 is 11.8 Å². The van der Waals surface area contributed by atoms with E-state index in [4.69, 9.17) is 4.74 Å². The monoisotopic (exact) mass is 239 g/mol. The Bertz CT molecular complexity index is 334. The number of rotatable bonds is 4. The van der Waals surface area contributed by atoms with Crippen molar-refractivity contribution in [3.05, 3.63) is 11.6 Å². The van der Waals surface area contributed by atoms with Crippen LogP contribution in [0, 0.1) is 11.8 Å². The number of hydrogen-bond donors (Lipinski definition) is 0. The molecule has 0 spiro atoms. The van der Waals surface area contributed by atoms with Gasteiger partial charge in [-0.1, -0.05) is 12.5 Å². The van der Waals surface area contributed by atoms with E-state index < -0.39 is 0 Å². The van der Waals surface area contributed by atoms with Crippen molar-refractivity contribution in [1.29, 1.82) is 0 Å². The van der Waals surface area contributed by atoms with Gasteiger partial charge in [-0.15, -0.1) is 0 Å². The predicted octanol–water partition coefficient (Wildman–Crippen LogP) is 1.26. The molecule has 1 rings (SSSR count). The first-order valence-electron chi connectivity index (χ1n) is 5.94. The maximum absolute atomic E-state index is 11.9. The van der Waals surface area contributed by atoms with Crippen molar-refractivity contribution in [3.8, 4) is 0 Å². The van der Waals surface area contributed by atoms with Crippen LogP contribution in [-0.4, -0.2) is 43.9 Å². The van der Waals surface area contributed by atoms with Gasteiger partial charge in [0.05, 0.1) is 5.92 Å². The third kappa shape index (κ3) is 3.97. The normalized spacial score (nSPS) is 24.8. The Labute approximate surface area is 103 Å². The molecule has 0 heterocycles. The molecule has 0 aliphatic heterocycles. The second kappa shape index (κ2) is 5.96. The summed E-state index contributed by atoms with van der Waals surface area (Å²) in [5.41, 5.74) is 0.823. The van der Waals surface area contributed by atoms with E-state index in [9.17, 15) is 9.59 Å². The molecule has 0 saturated heterocycles. The molecule has 1 aliphatic carbocycles. The summed E-state index contributed by atoms with van der Waals surface area (Å²) in [6, 6.07) is 0.